The van der Waals surface area contributed by atoms with Crippen LogP contribution in [0, 0.1) is 6.92 Å². The lowest BCUT2D eigenvalue weighted by molar-refractivity contribution is -0.0135. The lowest BCUT2D eigenvalue weighted by atomic mass is 10.1. The van der Waals surface area contributed by atoms with Gasteiger partial charge in [0, 0.05) is 30.6 Å². The van der Waals surface area contributed by atoms with Crippen LogP contribution < -0.4 is 5.32 Å². The van der Waals surface area contributed by atoms with Gasteiger partial charge in [-0.2, -0.15) is 0 Å². The van der Waals surface area contributed by atoms with Crippen LogP contribution in [0.4, 0.5) is 4.79 Å². The number of carbonyl (C=O) groups is 1. The maximum absolute atomic E-state index is 12.5. The molecule has 1 aliphatic heterocycles. The van der Waals surface area contributed by atoms with Crippen molar-refractivity contribution >= 4 is 17.4 Å². The Balaban J connectivity index is 1.55. The number of hydrogen-bond donors (Lipinski definition) is 1. The predicted octanol–water partition coefficient (Wildman–Crippen LogP) is 3.17. The Kier molecular flexibility index (Phi) is 5.48. The highest BCUT2D eigenvalue weighted by molar-refractivity contribution is 7.09. The molecule has 6 heteroatoms. The molecule has 2 aromatic rings. The average molecular weight is 345 g/mol. The first-order valence-corrected chi connectivity index (χ1v) is 9.13. The number of morpholine rings is 1. The predicted molar refractivity (Wildman–Crippen MR) is 95.3 cm³/mol. The Morgan fingerprint density at radius 2 is 2.25 bits per heavy atom. The summed E-state index contributed by atoms with van der Waals surface area (Å²) in [5, 5.41) is 5.99. The summed E-state index contributed by atoms with van der Waals surface area (Å²) in [7, 11) is 0. The highest BCUT2D eigenvalue weighted by Gasteiger charge is 2.25. The van der Waals surface area contributed by atoms with Gasteiger partial charge in [-0.05, 0) is 19.4 Å². The molecule has 128 valence electrons. The molecule has 0 aliphatic carbocycles. The number of nitrogens with zero attached hydrogens (tertiary/aromatic N) is 2. The molecule has 1 fully saturated rings. The van der Waals surface area contributed by atoms with Gasteiger partial charge in [0.15, 0.2) is 0 Å². The van der Waals surface area contributed by atoms with Crippen molar-refractivity contribution in [1.29, 1.82) is 0 Å². The molecule has 1 aromatic heterocycles. The molecule has 2 atom stereocenters. The van der Waals surface area contributed by atoms with Crippen molar-refractivity contribution in [2.75, 3.05) is 19.7 Å². The van der Waals surface area contributed by atoms with Crippen LogP contribution in [-0.4, -0.2) is 41.7 Å². The molecule has 1 aliphatic rings. The number of benzene rings is 1. The third-order valence-electron chi connectivity index (χ3n) is 4.08. The molecule has 1 saturated heterocycles. The van der Waals surface area contributed by atoms with Gasteiger partial charge in [-0.1, -0.05) is 30.3 Å². The molecule has 24 heavy (non-hydrogen) atoms. The van der Waals surface area contributed by atoms with Gasteiger partial charge in [0.25, 0.3) is 0 Å². The molecular weight excluding hydrogens is 322 g/mol. The van der Waals surface area contributed by atoms with Crippen molar-refractivity contribution in [1.82, 2.24) is 15.2 Å². The topological polar surface area (TPSA) is 54.5 Å². The Labute approximate surface area is 146 Å². The maximum Gasteiger partial charge on any atom is 0.318 e. The summed E-state index contributed by atoms with van der Waals surface area (Å²) in [6.07, 6.45) is 0.871. The van der Waals surface area contributed by atoms with Crippen LogP contribution in [0.2, 0.25) is 0 Å². The van der Waals surface area contributed by atoms with Gasteiger partial charge in [0.1, 0.15) is 5.01 Å². The summed E-state index contributed by atoms with van der Waals surface area (Å²) in [4.78, 5) is 18.8. The van der Waals surface area contributed by atoms with Gasteiger partial charge < -0.3 is 15.0 Å². The largest absolute Gasteiger partial charge is 0.374 e. The second-order valence-corrected chi connectivity index (χ2v) is 7.02. The van der Waals surface area contributed by atoms with Crippen LogP contribution in [0.3, 0.4) is 0 Å². The van der Waals surface area contributed by atoms with E-state index in [0.717, 1.165) is 17.1 Å². The van der Waals surface area contributed by atoms with Crippen molar-refractivity contribution in [3.05, 3.63) is 52.0 Å². The lowest BCUT2D eigenvalue weighted by Gasteiger charge is -2.33. The van der Waals surface area contributed by atoms with E-state index >= 15 is 0 Å². The fraction of sp³-hybridized carbons (Fsp3) is 0.444. The van der Waals surface area contributed by atoms with Crippen molar-refractivity contribution in [3.63, 3.8) is 0 Å². The van der Waals surface area contributed by atoms with Crippen molar-refractivity contribution in [3.8, 4) is 0 Å². The average Bonchev–Trinajstić information content (AvgIpc) is 3.03. The standard InChI is InChI=1S/C18H23N3O2S/c1-13-12-24-17(19-13)14(2)20-18(22)21-8-9-23-16(11-21)10-15-6-4-3-5-7-15/h3-7,12,14,16H,8-11H2,1-2H3,(H,20,22). The minimum Gasteiger partial charge on any atom is -0.374 e. The van der Waals surface area contributed by atoms with Gasteiger partial charge in [-0.25, -0.2) is 9.78 Å². The summed E-state index contributed by atoms with van der Waals surface area (Å²) in [6, 6.07) is 10.1. The fourth-order valence-corrected chi connectivity index (χ4v) is 3.62. The highest BCUT2D eigenvalue weighted by atomic mass is 32.1. The molecule has 0 saturated carbocycles. The molecule has 3 rings (SSSR count). The number of ether oxygens (including phenoxy) is 1. The SMILES string of the molecule is Cc1csc(C(C)NC(=O)N2CCOC(Cc3ccccc3)C2)n1. The Bertz CT molecular complexity index is 674. The number of rotatable bonds is 4. The first kappa shape index (κ1) is 16.9. The molecular formula is C18H23N3O2S. The van der Waals surface area contributed by atoms with Crippen molar-refractivity contribution in [2.45, 2.75) is 32.4 Å². The highest BCUT2D eigenvalue weighted by Crippen LogP contribution is 2.18. The summed E-state index contributed by atoms with van der Waals surface area (Å²) < 4.78 is 5.82. The molecule has 1 N–H and O–H groups in total. The molecule has 0 bridgehead atoms. The number of thiazole rings is 1. The monoisotopic (exact) mass is 345 g/mol. The van der Waals surface area contributed by atoms with Crippen LogP contribution in [-0.2, 0) is 11.2 Å². The molecule has 0 spiro atoms. The van der Waals surface area contributed by atoms with E-state index in [0.29, 0.717) is 19.7 Å². The quantitative estimate of drug-likeness (QED) is 0.926. The molecule has 5 nitrogen and oxygen atoms in total. The maximum atomic E-state index is 12.5. The second kappa shape index (κ2) is 7.77. The molecule has 2 unspecified atom stereocenters. The van der Waals surface area contributed by atoms with Crippen LogP contribution in [0.15, 0.2) is 35.7 Å². The number of nitrogens with one attached hydrogen (secondary N) is 1. The van der Waals surface area contributed by atoms with Gasteiger partial charge in [-0.3, -0.25) is 0 Å². The smallest absolute Gasteiger partial charge is 0.318 e. The number of aromatic nitrogens is 1. The zero-order valence-corrected chi connectivity index (χ0v) is 14.9. The Morgan fingerprint density at radius 3 is 2.96 bits per heavy atom. The second-order valence-electron chi connectivity index (χ2n) is 6.13. The van der Waals surface area contributed by atoms with Crippen molar-refractivity contribution in [2.24, 2.45) is 0 Å². The van der Waals surface area contributed by atoms with Gasteiger partial charge in [0.05, 0.1) is 18.8 Å². The minimum atomic E-state index is -0.0772. The number of urea groups is 1. The Hall–Kier alpha value is -1.92. The van der Waals surface area contributed by atoms with Crippen LogP contribution in [0.25, 0.3) is 0 Å². The molecule has 2 heterocycles. The zero-order chi connectivity index (χ0) is 16.9. The van der Waals surface area contributed by atoms with E-state index in [2.05, 4.69) is 22.4 Å². The number of carbonyl (C=O) groups excluding carboxylic acids is 1. The van der Waals surface area contributed by atoms with Gasteiger partial charge in [0.2, 0.25) is 0 Å². The third kappa shape index (κ3) is 4.33. The van der Waals surface area contributed by atoms with E-state index in [1.165, 1.54) is 5.56 Å². The van der Waals surface area contributed by atoms with Crippen LogP contribution in [0.1, 0.15) is 29.2 Å². The molecule has 2 amide bonds. The molecule has 0 radical (unpaired) electrons. The Morgan fingerprint density at radius 1 is 1.46 bits per heavy atom. The van der Waals surface area contributed by atoms with Gasteiger partial charge >= 0.3 is 6.03 Å². The van der Waals surface area contributed by atoms with Crippen LogP contribution >= 0.6 is 11.3 Å². The van der Waals surface area contributed by atoms with E-state index < -0.39 is 0 Å². The van der Waals surface area contributed by atoms with E-state index in [1.54, 1.807) is 11.3 Å². The lowest BCUT2D eigenvalue weighted by Crippen LogP contribution is -2.50. The van der Waals surface area contributed by atoms with E-state index in [-0.39, 0.29) is 18.2 Å². The zero-order valence-electron chi connectivity index (χ0n) is 14.1. The third-order valence-corrected chi connectivity index (χ3v) is 5.22. The normalized spacial score (nSPS) is 19.1. The van der Waals surface area contributed by atoms with E-state index in [4.69, 9.17) is 4.74 Å². The first-order chi connectivity index (χ1) is 11.6. The first-order valence-electron chi connectivity index (χ1n) is 8.25. The van der Waals surface area contributed by atoms with E-state index in [9.17, 15) is 4.79 Å². The van der Waals surface area contributed by atoms with Crippen LogP contribution in [0.5, 0.6) is 0 Å². The summed E-state index contributed by atoms with van der Waals surface area (Å²) in [5.74, 6) is 0. The summed E-state index contributed by atoms with van der Waals surface area (Å²) in [5.41, 5.74) is 2.22. The number of aryl methyl sites for hydroxylation is 1. The number of amides is 2. The number of hydrogen-bond acceptors (Lipinski definition) is 4. The van der Waals surface area contributed by atoms with Crippen molar-refractivity contribution < 1.29 is 9.53 Å². The summed E-state index contributed by atoms with van der Waals surface area (Å²) in [6.45, 7) is 5.75. The van der Waals surface area contributed by atoms with E-state index in [1.807, 2.05) is 42.3 Å². The summed E-state index contributed by atoms with van der Waals surface area (Å²) >= 11 is 1.58. The van der Waals surface area contributed by atoms with Gasteiger partial charge in [-0.15, -0.1) is 11.3 Å². The minimum absolute atomic E-state index is 0.0447. The fourth-order valence-electron chi connectivity index (χ4n) is 2.81. The molecule has 1 aromatic carbocycles.